The quantitative estimate of drug-likeness (QED) is 0.370. The number of non-ortho nitro benzene ring substituents is 1. The lowest BCUT2D eigenvalue weighted by molar-refractivity contribution is -0.384. The van der Waals surface area contributed by atoms with Gasteiger partial charge in [-0.25, -0.2) is 0 Å². The Labute approximate surface area is 151 Å². The van der Waals surface area contributed by atoms with Gasteiger partial charge >= 0.3 is 0 Å². The average Bonchev–Trinajstić information content (AvgIpc) is 2.69. The molecule has 0 fully saturated rings. The van der Waals surface area contributed by atoms with Crippen LogP contribution in [0.3, 0.4) is 0 Å². The fourth-order valence-corrected chi connectivity index (χ4v) is 2.74. The number of carbonyl (C=O) groups excluding carboxylic acids is 1. The van der Waals surface area contributed by atoms with Gasteiger partial charge < -0.3 is 5.32 Å². The summed E-state index contributed by atoms with van der Waals surface area (Å²) in [6, 6.07) is 24.7. The number of hydrogen-bond acceptors (Lipinski definition) is 4. The van der Waals surface area contributed by atoms with Gasteiger partial charge in [0.2, 0.25) is 0 Å². The van der Waals surface area contributed by atoms with Gasteiger partial charge in [0.25, 0.3) is 5.69 Å². The van der Waals surface area contributed by atoms with E-state index < -0.39 is 4.92 Å². The van der Waals surface area contributed by atoms with E-state index in [1.807, 2.05) is 48.5 Å². The van der Waals surface area contributed by atoms with Crippen LogP contribution in [0.2, 0.25) is 0 Å². The third-order valence-corrected chi connectivity index (χ3v) is 4.11. The number of carbonyl (C=O) groups is 1. The van der Waals surface area contributed by atoms with E-state index in [1.165, 1.54) is 12.1 Å². The molecule has 26 heavy (non-hydrogen) atoms. The van der Waals surface area contributed by atoms with Crippen molar-refractivity contribution in [2.75, 3.05) is 5.32 Å². The third kappa shape index (κ3) is 4.33. The predicted octanol–water partition coefficient (Wildman–Crippen LogP) is 5.02. The molecule has 0 saturated carbocycles. The number of nitrogens with zero attached hydrogens (tertiary/aromatic N) is 1. The molecule has 0 saturated heterocycles. The lowest BCUT2D eigenvalue weighted by Gasteiger charge is -2.20. The van der Waals surface area contributed by atoms with E-state index in [0.717, 1.165) is 11.3 Å². The van der Waals surface area contributed by atoms with Gasteiger partial charge in [0.1, 0.15) is 0 Å². The molecular weight excluding hydrogens is 328 g/mol. The monoisotopic (exact) mass is 346 g/mol. The molecule has 0 radical (unpaired) electrons. The Balaban J connectivity index is 1.86. The molecule has 0 aliphatic carbocycles. The molecular formula is C21H18N2O3. The molecule has 3 aromatic rings. The highest BCUT2D eigenvalue weighted by atomic mass is 16.6. The smallest absolute Gasteiger partial charge is 0.269 e. The minimum atomic E-state index is -0.432. The van der Waals surface area contributed by atoms with Crippen molar-refractivity contribution in [3.05, 3.63) is 106 Å². The molecule has 0 bridgehead atoms. The number of benzene rings is 3. The second-order valence-corrected chi connectivity index (χ2v) is 5.90. The number of hydrogen-bond donors (Lipinski definition) is 1. The second kappa shape index (κ2) is 8.07. The maximum atomic E-state index is 12.6. The van der Waals surface area contributed by atoms with Crippen LogP contribution in [-0.2, 0) is 0 Å². The van der Waals surface area contributed by atoms with Gasteiger partial charge in [0.05, 0.1) is 11.0 Å². The number of Topliss-reactive ketones (excluding diaryl/α,β-unsaturated/α-hetero) is 1. The Morgan fingerprint density at radius 1 is 0.885 bits per heavy atom. The van der Waals surface area contributed by atoms with Crippen molar-refractivity contribution in [3.8, 4) is 0 Å². The van der Waals surface area contributed by atoms with Gasteiger partial charge in [-0.15, -0.1) is 0 Å². The van der Waals surface area contributed by atoms with E-state index in [0.29, 0.717) is 5.56 Å². The Kier molecular flexibility index (Phi) is 5.39. The van der Waals surface area contributed by atoms with Gasteiger partial charge in [-0.05, 0) is 17.7 Å². The molecule has 0 aliphatic rings. The molecule has 5 nitrogen and oxygen atoms in total. The fourth-order valence-electron chi connectivity index (χ4n) is 2.74. The first kappa shape index (κ1) is 17.4. The highest BCUT2D eigenvalue weighted by Gasteiger charge is 2.18. The highest BCUT2D eigenvalue weighted by molar-refractivity contribution is 5.96. The van der Waals surface area contributed by atoms with Crippen LogP contribution in [0.1, 0.15) is 28.4 Å². The van der Waals surface area contributed by atoms with Crippen molar-refractivity contribution in [3.63, 3.8) is 0 Å². The van der Waals surface area contributed by atoms with Gasteiger partial charge in [-0.1, -0.05) is 60.7 Å². The number of nitro benzene ring substituents is 1. The average molecular weight is 346 g/mol. The number of rotatable bonds is 7. The van der Waals surface area contributed by atoms with Crippen molar-refractivity contribution in [2.24, 2.45) is 0 Å². The Hall–Kier alpha value is -3.47. The summed E-state index contributed by atoms with van der Waals surface area (Å²) in [4.78, 5) is 23.1. The molecule has 130 valence electrons. The maximum absolute atomic E-state index is 12.6. The van der Waals surface area contributed by atoms with E-state index >= 15 is 0 Å². The van der Waals surface area contributed by atoms with Crippen LogP contribution >= 0.6 is 0 Å². The molecule has 0 aliphatic heterocycles. The Morgan fingerprint density at radius 3 is 2.04 bits per heavy atom. The number of anilines is 1. The van der Waals surface area contributed by atoms with E-state index in [-0.39, 0.29) is 23.9 Å². The van der Waals surface area contributed by atoms with Gasteiger partial charge in [-0.3, -0.25) is 14.9 Å². The molecule has 0 amide bonds. The van der Waals surface area contributed by atoms with Crippen LogP contribution in [0.25, 0.3) is 0 Å². The van der Waals surface area contributed by atoms with Crippen molar-refractivity contribution >= 4 is 17.2 Å². The van der Waals surface area contributed by atoms with Crippen LogP contribution in [0, 0.1) is 10.1 Å². The summed E-state index contributed by atoms with van der Waals surface area (Å²) in [5, 5.41) is 14.2. The van der Waals surface area contributed by atoms with E-state index in [1.54, 1.807) is 24.3 Å². The summed E-state index contributed by atoms with van der Waals surface area (Å²) >= 11 is 0. The summed E-state index contributed by atoms with van der Waals surface area (Å²) in [5.74, 6) is 0.0115. The van der Waals surface area contributed by atoms with Crippen molar-refractivity contribution in [2.45, 2.75) is 12.5 Å². The molecule has 1 N–H and O–H groups in total. The predicted molar refractivity (Wildman–Crippen MR) is 101 cm³/mol. The van der Waals surface area contributed by atoms with Crippen LogP contribution < -0.4 is 5.32 Å². The zero-order valence-corrected chi connectivity index (χ0v) is 14.0. The van der Waals surface area contributed by atoms with Crippen molar-refractivity contribution in [1.82, 2.24) is 0 Å². The normalized spacial score (nSPS) is 11.5. The lowest BCUT2D eigenvalue weighted by Crippen LogP contribution is -2.15. The standard InChI is InChI=1S/C21H18N2O3/c24-21(17-7-3-1-4-8-17)15-20(22-18-9-5-2-6-10-18)16-11-13-19(14-12-16)23(25)26/h1-14,20,22H,15H2/t20-/m1/s1. The topological polar surface area (TPSA) is 72.2 Å². The summed E-state index contributed by atoms with van der Waals surface area (Å²) in [5.41, 5.74) is 2.39. The molecule has 3 aromatic carbocycles. The molecule has 1 atom stereocenters. The largest absolute Gasteiger partial charge is 0.378 e. The minimum absolute atomic E-state index is 0.0115. The number of ketones is 1. The zero-order chi connectivity index (χ0) is 18.4. The van der Waals surface area contributed by atoms with E-state index in [9.17, 15) is 14.9 Å². The van der Waals surface area contributed by atoms with E-state index in [4.69, 9.17) is 0 Å². The summed E-state index contributed by atoms with van der Waals surface area (Å²) in [6.45, 7) is 0. The first-order valence-corrected chi connectivity index (χ1v) is 8.27. The Bertz CT molecular complexity index is 878. The van der Waals surface area contributed by atoms with Gasteiger partial charge in [0, 0.05) is 29.8 Å². The number of nitrogens with one attached hydrogen (secondary N) is 1. The molecule has 0 aromatic heterocycles. The first-order valence-electron chi connectivity index (χ1n) is 8.27. The van der Waals surface area contributed by atoms with Gasteiger partial charge in [-0.2, -0.15) is 0 Å². The molecule has 0 spiro atoms. The second-order valence-electron chi connectivity index (χ2n) is 5.90. The SMILES string of the molecule is O=C(C[C@@H](Nc1ccccc1)c1ccc([N+](=O)[O-])cc1)c1ccccc1. The zero-order valence-electron chi connectivity index (χ0n) is 14.0. The first-order chi connectivity index (χ1) is 12.6. The summed E-state index contributed by atoms with van der Waals surface area (Å²) in [7, 11) is 0. The van der Waals surface area contributed by atoms with Crippen LogP contribution in [0.5, 0.6) is 0 Å². The summed E-state index contributed by atoms with van der Waals surface area (Å²) < 4.78 is 0. The Morgan fingerprint density at radius 2 is 1.46 bits per heavy atom. The highest BCUT2D eigenvalue weighted by Crippen LogP contribution is 2.26. The van der Waals surface area contributed by atoms with Crippen molar-refractivity contribution < 1.29 is 9.72 Å². The molecule has 0 heterocycles. The van der Waals surface area contributed by atoms with Crippen LogP contribution in [-0.4, -0.2) is 10.7 Å². The van der Waals surface area contributed by atoms with Crippen molar-refractivity contribution in [1.29, 1.82) is 0 Å². The fraction of sp³-hybridized carbons (Fsp3) is 0.0952. The third-order valence-electron chi connectivity index (χ3n) is 4.11. The van der Waals surface area contributed by atoms with E-state index in [2.05, 4.69) is 5.32 Å². The minimum Gasteiger partial charge on any atom is -0.378 e. The van der Waals surface area contributed by atoms with Crippen LogP contribution in [0.15, 0.2) is 84.9 Å². The summed E-state index contributed by atoms with van der Waals surface area (Å²) in [6.07, 6.45) is 0.247. The lowest BCUT2D eigenvalue weighted by atomic mass is 9.97. The number of nitro groups is 1. The molecule has 5 heteroatoms. The maximum Gasteiger partial charge on any atom is 0.269 e. The van der Waals surface area contributed by atoms with Crippen LogP contribution in [0.4, 0.5) is 11.4 Å². The number of para-hydroxylation sites is 1. The molecule has 0 unspecified atom stereocenters. The molecule has 3 rings (SSSR count). The van der Waals surface area contributed by atoms with Gasteiger partial charge in [0.15, 0.2) is 5.78 Å².